The molecule has 10 rings (SSSR count). The summed E-state index contributed by atoms with van der Waals surface area (Å²) in [5.74, 6) is 1.88. The summed E-state index contributed by atoms with van der Waals surface area (Å²) in [5.41, 5.74) is 11.7. The van der Waals surface area contributed by atoms with Gasteiger partial charge in [-0.15, -0.1) is 11.3 Å². The Hall–Kier alpha value is -7.08. The van der Waals surface area contributed by atoms with E-state index in [-0.39, 0.29) is 0 Å². The summed E-state index contributed by atoms with van der Waals surface area (Å²) < 4.78 is 1.16. The molecule has 0 aliphatic heterocycles. The number of hydrogen-bond acceptors (Lipinski definition) is 5. The van der Waals surface area contributed by atoms with Crippen molar-refractivity contribution in [3.05, 3.63) is 194 Å². The molecule has 0 unspecified atom stereocenters. The lowest BCUT2D eigenvalue weighted by Gasteiger charge is -2.11. The van der Waals surface area contributed by atoms with Crippen molar-refractivity contribution >= 4 is 32.3 Å². The molecular weight excluding hydrogens is 689 g/mol. The molecule has 3 aromatic heterocycles. The van der Waals surface area contributed by atoms with Crippen LogP contribution in [0.15, 0.2) is 194 Å². The quantitative estimate of drug-likeness (QED) is 0.164. The first-order valence-corrected chi connectivity index (χ1v) is 19.1. The van der Waals surface area contributed by atoms with Gasteiger partial charge in [-0.2, -0.15) is 0 Å². The van der Waals surface area contributed by atoms with Crippen LogP contribution < -0.4 is 0 Å². The molecule has 3 heterocycles. The molecule has 0 aliphatic rings. The Morgan fingerprint density at radius 3 is 1.27 bits per heavy atom. The van der Waals surface area contributed by atoms with Crippen molar-refractivity contribution in [2.24, 2.45) is 0 Å². The lowest BCUT2D eigenvalue weighted by molar-refractivity contribution is 1.07. The number of pyridine rings is 1. The highest BCUT2D eigenvalue weighted by Gasteiger charge is 2.22. The summed E-state index contributed by atoms with van der Waals surface area (Å²) in [4.78, 5) is 21.6. The van der Waals surface area contributed by atoms with E-state index in [4.69, 9.17) is 19.9 Å². The van der Waals surface area contributed by atoms with Gasteiger partial charge in [-0.05, 0) is 28.3 Å². The minimum atomic E-state index is 0.619. The highest BCUT2D eigenvalue weighted by atomic mass is 32.1. The molecule has 0 spiro atoms. The second kappa shape index (κ2) is 14.0. The van der Waals surface area contributed by atoms with Gasteiger partial charge in [0.15, 0.2) is 17.5 Å². The second-order valence-corrected chi connectivity index (χ2v) is 14.4. The van der Waals surface area contributed by atoms with Crippen molar-refractivity contribution in [1.82, 2.24) is 19.9 Å². The number of fused-ring (bicyclic) bond motifs is 3. The van der Waals surface area contributed by atoms with E-state index < -0.39 is 0 Å². The highest BCUT2D eigenvalue weighted by molar-refractivity contribution is 7.23. The fourth-order valence-corrected chi connectivity index (χ4v) is 8.60. The monoisotopic (exact) mass is 720 g/mol. The minimum Gasteiger partial charge on any atom is -0.246 e. The van der Waals surface area contributed by atoms with Gasteiger partial charge in [-0.1, -0.05) is 188 Å². The molecule has 0 aliphatic carbocycles. The van der Waals surface area contributed by atoms with Gasteiger partial charge >= 0.3 is 0 Å². The van der Waals surface area contributed by atoms with Gasteiger partial charge in [0.05, 0.1) is 15.9 Å². The van der Waals surface area contributed by atoms with Crippen molar-refractivity contribution in [2.45, 2.75) is 0 Å². The number of benzene rings is 7. The van der Waals surface area contributed by atoms with Crippen molar-refractivity contribution in [1.29, 1.82) is 0 Å². The molecule has 0 bridgehead atoms. The van der Waals surface area contributed by atoms with Crippen LogP contribution in [0.25, 0.3) is 99.1 Å². The van der Waals surface area contributed by atoms with E-state index in [1.165, 1.54) is 32.5 Å². The van der Waals surface area contributed by atoms with Crippen LogP contribution in [0.5, 0.6) is 0 Å². The minimum absolute atomic E-state index is 0.619. The number of thiophene rings is 1. The van der Waals surface area contributed by atoms with Crippen LogP contribution in [-0.4, -0.2) is 19.9 Å². The average Bonchev–Trinajstić information content (AvgIpc) is 3.69. The van der Waals surface area contributed by atoms with Crippen molar-refractivity contribution < 1.29 is 0 Å². The van der Waals surface area contributed by atoms with Gasteiger partial charge in [0.25, 0.3) is 0 Å². The van der Waals surface area contributed by atoms with Gasteiger partial charge in [0, 0.05) is 43.5 Å². The molecule has 0 amide bonds. The molecular formula is C50H32N4S. The third-order valence-corrected chi connectivity index (χ3v) is 11.2. The van der Waals surface area contributed by atoms with Gasteiger partial charge in [-0.3, -0.25) is 0 Å². The molecule has 55 heavy (non-hydrogen) atoms. The third-order valence-electron chi connectivity index (χ3n) is 9.96. The summed E-state index contributed by atoms with van der Waals surface area (Å²) in [7, 11) is 0. The van der Waals surface area contributed by atoms with Gasteiger partial charge in [-0.25, -0.2) is 19.9 Å². The zero-order chi connectivity index (χ0) is 36.6. The maximum Gasteiger partial charge on any atom is 0.164 e. The zero-order valence-electron chi connectivity index (χ0n) is 29.7. The maximum absolute atomic E-state index is 5.32. The van der Waals surface area contributed by atoms with Crippen LogP contribution in [0.3, 0.4) is 0 Å². The summed E-state index contributed by atoms with van der Waals surface area (Å²) in [6, 6.07) is 67.3. The Bertz CT molecular complexity index is 2930. The summed E-state index contributed by atoms with van der Waals surface area (Å²) in [6.07, 6.45) is 0. The van der Waals surface area contributed by atoms with E-state index in [9.17, 15) is 0 Å². The Morgan fingerprint density at radius 1 is 0.309 bits per heavy atom. The lowest BCUT2D eigenvalue weighted by Crippen LogP contribution is -2.00. The van der Waals surface area contributed by atoms with Crippen LogP contribution in [0.2, 0.25) is 0 Å². The van der Waals surface area contributed by atoms with E-state index in [1.807, 2.05) is 47.7 Å². The standard InChI is InChI=1S/C50H32N4S/c1-5-15-33(16-6-1)34-25-29-39(30-26-34)49-52-48(38-21-11-4-12-22-38)53-50(54-49)40-31-27-36(28-32-40)45-47-44(41-23-13-14-24-42(41)51-45)43(35-17-7-2-8-18-35)46(55-47)37-19-9-3-10-20-37/h1-32H. The number of rotatable bonds is 7. The molecule has 0 radical (unpaired) electrons. The predicted molar refractivity (Wildman–Crippen MR) is 229 cm³/mol. The smallest absolute Gasteiger partial charge is 0.164 e. The Morgan fingerprint density at radius 2 is 0.709 bits per heavy atom. The zero-order valence-corrected chi connectivity index (χ0v) is 30.5. The second-order valence-electron chi connectivity index (χ2n) is 13.4. The van der Waals surface area contributed by atoms with E-state index >= 15 is 0 Å². The molecule has 4 nitrogen and oxygen atoms in total. The van der Waals surface area contributed by atoms with E-state index in [0.29, 0.717) is 17.5 Å². The molecule has 0 N–H and O–H groups in total. The fourth-order valence-electron chi connectivity index (χ4n) is 7.25. The molecule has 7 aromatic carbocycles. The average molecular weight is 721 g/mol. The lowest BCUT2D eigenvalue weighted by atomic mass is 9.95. The summed E-state index contributed by atoms with van der Waals surface area (Å²) >= 11 is 1.81. The van der Waals surface area contributed by atoms with Crippen LogP contribution in [0.1, 0.15) is 0 Å². The first kappa shape index (κ1) is 32.6. The number of hydrogen-bond donors (Lipinski definition) is 0. The Labute approximate surface area is 323 Å². The van der Waals surface area contributed by atoms with E-state index in [0.717, 1.165) is 49.1 Å². The van der Waals surface area contributed by atoms with Crippen molar-refractivity contribution in [2.75, 3.05) is 0 Å². The van der Waals surface area contributed by atoms with E-state index in [2.05, 4.69) is 158 Å². The normalized spacial score (nSPS) is 11.3. The molecule has 0 saturated heterocycles. The van der Waals surface area contributed by atoms with Crippen LogP contribution >= 0.6 is 11.3 Å². The maximum atomic E-state index is 5.32. The third kappa shape index (κ3) is 6.17. The van der Waals surface area contributed by atoms with Crippen molar-refractivity contribution in [3.63, 3.8) is 0 Å². The van der Waals surface area contributed by atoms with E-state index in [1.54, 1.807) is 0 Å². The summed E-state index contributed by atoms with van der Waals surface area (Å²) in [6.45, 7) is 0. The van der Waals surface area contributed by atoms with Crippen LogP contribution in [-0.2, 0) is 0 Å². The van der Waals surface area contributed by atoms with Gasteiger partial charge in [0.2, 0.25) is 0 Å². The number of para-hydroxylation sites is 1. The largest absolute Gasteiger partial charge is 0.246 e. The molecule has 0 atom stereocenters. The Balaban J connectivity index is 1.11. The number of nitrogens with zero attached hydrogens (tertiary/aromatic N) is 4. The molecule has 0 fully saturated rings. The fraction of sp³-hybridized carbons (Fsp3) is 0. The van der Waals surface area contributed by atoms with Crippen LogP contribution in [0.4, 0.5) is 0 Å². The van der Waals surface area contributed by atoms with Crippen LogP contribution in [0, 0.1) is 0 Å². The Kier molecular flexibility index (Phi) is 8.32. The highest BCUT2D eigenvalue weighted by Crippen LogP contribution is 2.49. The first-order chi connectivity index (χ1) is 27.3. The molecule has 258 valence electrons. The molecule has 10 aromatic rings. The number of aromatic nitrogens is 4. The molecule has 5 heteroatoms. The van der Waals surface area contributed by atoms with Gasteiger partial charge < -0.3 is 0 Å². The SMILES string of the molecule is c1ccc(-c2ccc(-c3nc(-c4ccccc4)nc(-c4ccc(-c5nc6ccccc6c6c(-c7ccccc7)c(-c7ccccc7)sc56)cc4)n3)cc2)cc1. The topological polar surface area (TPSA) is 51.6 Å². The predicted octanol–water partition coefficient (Wildman–Crippen LogP) is 13.3. The first-order valence-electron chi connectivity index (χ1n) is 18.3. The molecule has 0 saturated carbocycles. The summed E-state index contributed by atoms with van der Waals surface area (Å²) in [5, 5.41) is 2.38. The van der Waals surface area contributed by atoms with Crippen molar-refractivity contribution in [3.8, 4) is 78.1 Å². The van der Waals surface area contributed by atoms with Gasteiger partial charge in [0.1, 0.15) is 0 Å².